The van der Waals surface area contributed by atoms with E-state index in [4.69, 9.17) is 9.72 Å². The fourth-order valence-corrected chi connectivity index (χ4v) is 4.52. The van der Waals surface area contributed by atoms with Crippen LogP contribution in [0.15, 0.2) is 85.2 Å². The smallest absolute Gasteiger partial charge is 0.339 e. The van der Waals surface area contributed by atoms with Crippen LogP contribution < -0.4 is 5.32 Å². The minimum atomic E-state index is -0.561. The van der Waals surface area contributed by atoms with Crippen molar-refractivity contribution >= 4 is 49.9 Å². The predicted molar refractivity (Wildman–Crippen MR) is 126 cm³/mol. The molecule has 6 nitrogen and oxygen atoms in total. The van der Waals surface area contributed by atoms with Gasteiger partial charge in [-0.2, -0.15) is 0 Å². The van der Waals surface area contributed by atoms with E-state index >= 15 is 0 Å². The van der Waals surface area contributed by atoms with E-state index in [9.17, 15) is 9.59 Å². The summed E-state index contributed by atoms with van der Waals surface area (Å²) in [4.78, 5) is 33.8. The minimum Gasteiger partial charge on any atom is -0.452 e. The third kappa shape index (κ3) is 3.93. The van der Waals surface area contributed by atoms with Crippen LogP contribution in [0.1, 0.15) is 10.4 Å². The second-order valence-corrected chi connectivity index (χ2v) is 8.09. The fraction of sp³-hybridized carbons (Fsp3) is 0.0400. The number of fused-ring (bicyclic) bond motifs is 2. The number of carbonyl (C=O) groups excluding carboxylic acids is 2. The number of carbonyl (C=O) groups is 2. The molecule has 0 aliphatic rings. The maximum absolute atomic E-state index is 12.9. The Hall–Kier alpha value is -4.10. The molecule has 32 heavy (non-hydrogen) atoms. The lowest BCUT2D eigenvalue weighted by atomic mass is 9.99. The quantitative estimate of drug-likeness (QED) is 0.376. The van der Waals surface area contributed by atoms with E-state index in [1.54, 1.807) is 48.0 Å². The highest BCUT2D eigenvalue weighted by atomic mass is 32.1. The van der Waals surface area contributed by atoms with Crippen LogP contribution in [0.25, 0.3) is 31.6 Å². The molecule has 156 valence electrons. The van der Waals surface area contributed by atoms with Gasteiger partial charge in [0.05, 0.1) is 15.8 Å². The van der Waals surface area contributed by atoms with Crippen molar-refractivity contribution in [3.63, 3.8) is 0 Å². The molecule has 0 saturated heterocycles. The molecule has 1 N–H and O–H groups in total. The van der Waals surface area contributed by atoms with Crippen molar-refractivity contribution in [2.24, 2.45) is 0 Å². The molecule has 0 aliphatic heterocycles. The normalized spacial score (nSPS) is 10.9. The zero-order valence-electron chi connectivity index (χ0n) is 16.8. The van der Waals surface area contributed by atoms with Gasteiger partial charge < -0.3 is 10.1 Å². The van der Waals surface area contributed by atoms with Gasteiger partial charge in [-0.25, -0.2) is 9.78 Å². The number of anilines is 1. The first kappa shape index (κ1) is 19.8. The predicted octanol–water partition coefficient (Wildman–Crippen LogP) is 5.31. The van der Waals surface area contributed by atoms with Crippen LogP contribution in [0, 0.1) is 0 Å². The Labute approximate surface area is 187 Å². The van der Waals surface area contributed by atoms with E-state index in [2.05, 4.69) is 10.3 Å². The minimum absolute atomic E-state index is 0.388. The maximum Gasteiger partial charge on any atom is 0.339 e. The number of thiazole rings is 1. The maximum atomic E-state index is 12.9. The van der Waals surface area contributed by atoms with Gasteiger partial charge in [-0.05, 0) is 35.7 Å². The summed E-state index contributed by atoms with van der Waals surface area (Å²) in [6.45, 7) is -0.388. The summed E-state index contributed by atoms with van der Waals surface area (Å²) in [6, 6.07) is 22.5. The first-order valence-electron chi connectivity index (χ1n) is 9.94. The van der Waals surface area contributed by atoms with Gasteiger partial charge in [-0.3, -0.25) is 9.78 Å². The van der Waals surface area contributed by atoms with Crippen LogP contribution in [0.2, 0.25) is 0 Å². The van der Waals surface area contributed by atoms with E-state index in [1.807, 2.05) is 48.5 Å². The van der Waals surface area contributed by atoms with E-state index in [0.717, 1.165) is 31.6 Å². The fourth-order valence-electron chi connectivity index (χ4n) is 3.52. The van der Waals surface area contributed by atoms with Crippen LogP contribution in [0.5, 0.6) is 0 Å². The molecule has 1 amide bonds. The largest absolute Gasteiger partial charge is 0.452 e. The molecule has 0 spiro atoms. The SMILES string of the molecule is O=C(COC(=O)c1cccc2cccc(-c3nc4ccccc4s3)c12)Nc1ccncc1. The highest BCUT2D eigenvalue weighted by Crippen LogP contribution is 2.36. The van der Waals surface area contributed by atoms with Crippen molar-refractivity contribution in [3.05, 3.63) is 90.8 Å². The number of para-hydroxylation sites is 1. The van der Waals surface area contributed by atoms with E-state index in [1.165, 1.54) is 0 Å². The number of nitrogens with one attached hydrogen (secondary N) is 1. The molecule has 0 aliphatic carbocycles. The van der Waals surface area contributed by atoms with Gasteiger partial charge in [-0.15, -0.1) is 11.3 Å². The second kappa shape index (κ2) is 8.56. The molecule has 0 radical (unpaired) electrons. The first-order valence-corrected chi connectivity index (χ1v) is 10.8. The van der Waals surface area contributed by atoms with Crippen LogP contribution in [0.4, 0.5) is 5.69 Å². The zero-order chi connectivity index (χ0) is 21.9. The summed E-state index contributed by atoms with van der Waals surface area (Å²) < 4.78 is 6.41. The summed E-state index contributed by atoms with van der Waals surface area (Å²) in [5, 5.41) is 5.16. The molecule has 0 atom stereocenters. The number of benzene rings is 3. The first-order chi connectivity index (χ1) is 15.7. The average molecular weight is 439 g/mol. The van der Waals surface area contributed by atoms with E-state index < -0.39 is 11.9 Å². The average Bonchev–Trinajstić information content (AvgIpc) is 3.26. The summed E-state index contributed by atoms with van der Waals surface area (Å²) in [6.07, 6.45) is 3.14. The molecule has 3 aromatic carbocycles. The van der Waals surface area contributed by atoms with E-state index in [0.29, 0.717) is 11.3 Å². The van der Waals surface area contributed by atoms with Crippen molar-refractivity contribution in [2.45, 2.75) is 0 Å². The molecule has 5 aromatic rings. The van der Waals surface area contributed by atoms with Gasteiger partial charge in [-0.1, -0.05) is 42.5 Å². The Balaban J connectivity index is 1.45. The molecule has 7 heteroatoms. The van der Waals surface area contributed by atoms with Gasteiger partial charge in [0.25, 0.3) is 5.91 Å². The molecule has 2 heterocycles. The van der Waals surface area contributed by atoms with Crippen molar-refractivity contribution in [3.8, 4) is 10.6 Å². The zero-order valence-corrected chi connectivity index (χ0v) is 17.6. The summed E-state index contributed by atoms with van der Waals surface area (Å²) in [7, 11) is 0. The van der Waals surface area contributed by atoms with Gasteiger partial charge in [0.15, 0.2) is 6.61 Å². The number of pyridine rings is 1. The second-order valence-electron chi connectivity index (χ2n) is 7.06. The molecular weight excluding hydrogens is 422 g/mol. The van der Waals surface area contributed by atoms with Gasteiger partial charge in [0, 0.05) is 29.0 Å². The number of rotatable bonds is 5. The lowest BCUT2D eigenvalue weighted by Gasteiger charge is -2.11. The molecule has 2 aromatic heterocycles. The summed E-state index contributed by atoms with van der Waals surface area (Å²) in [5.41, 5.74) is 2.76. The lowest BCUT2D eigenvalue weighted by Crippen LogP contribution is -2.21. The lowest BCUT2D eigenvalue weighted by molar-refractivity contribution is -0.119. The van der Waals surface area contributed by atoms with Gasteiger partial charge in [0.2, 0.25) is 0 Å². The Morgan fingerprint density at radius 2 is 1.69 bits per heavy atom. The molecular formula is C25H17N3O3S. The Morgan fingerprint density at radius 1 is 0.906 bits per heavy atom. The van der Waals surface area contributed by atoms with Crippen LogP contribution >= 0.6 is 11.3 Å². The van der Waals surface area contributed by atoms with Crippen LogP contribution in [-0.2, 0) is 9.53 Å². The third-order valence-corrected chi connectivity index (χ3v) is 6.02. The summed E-state index contributed by atoms with van der Waals surface area (Å²) in [5.74, 6) is -0.981. The van der Waals surface area contributed by atoms with Crippen molar-refractivity contribution in [1.82, 2.24) is 9.97 Å². The molecule has 0 unspecified atom stereocenters. The van der Waals surface area contributed by atoms with Crippen LogP contribution in [0.3, 0.4) is 0 Å². The molecule has 0 bridgehead atoms. The molecule has 0 fully saturated rings. The monoisotopic (exact) mass is 439 g/mol. The number of amides is 1. The number of nitrogens with zero attached hydrogens (tertiary/aromatic N) is 2. The highest BCUT2D eigenvalue weighted by Gasteiger charge is 2.18. The number of hydrogen-bond donors (Lipinski definition) is 1. The Morgan fingerprint density at radius 3 is 2.50 bits per heavy atom. The van der Waals surface area contributed by atoms with Gasteiger partial charge in [0.1, 0.15) is 5.01 Å². The van der Waals surface area contributed by atoms with Crippen molar-refractivity contribution in [1.29, 1.82) is 0 Å². The van der Waals surface area contributed by atoms with Crippen molar-refractivity contribution < 1.29 is 14.3 Å². The molecule has 5 rings (SSSR count). The summed E-state index contributed by atoms with van der Waals surface area (Å²) >= 11 is 1.57. The third-order valence-electron chi connectivity index (χ3n) is 4.95. The number of ether oxygens (including phenoxy) is 1. The van der Waals surface area contributed by atoms with Crippen LogP contribution in [-0.4, -0.2) is 28.5 Å². The highest BCUT2D eigenvalue weighted by molar-refractivity contribution is 7.21. The topological polar surface area (TPSA) is 81.2 Å². The number of aromatic nitrogens is 2. The number of esters is 1. The number of hydrogen-bond acceptors (Lipinski definition) is 6. The Kier molecular flexibility index (Phi) is 5.31. The van der Waals surface area contributed by atoms with Gasteiger partial charge >= 0.3 is 5.97 Å². The van der Waals surface area contributed by atoms with E-state index in [-0.39, 0.29) is 6.61 Å². The standard InChI is InChI=1S/C25H17N3O3S/c29-22(27-17-11-13-26-14-12-17)15-31-25(30)19-8-4-6-16-5-3-7-18(23(16)19)24-28-20-9-1-2-10-21(20)32-24/h1-14H,15H2,(H,26,27,29). The molecule has 0 saturated carbocycles. The van der Waals surface area contributed by atoms with Crippen molar-refractivity contribution in [2.75, 3.05) is 11.9 Å². The Bertz CT molecular complexity index is 1410.